The third-order valence-electron chi connectivity index (χ3n) is 4.33. The molecule has 1 aliphatic rings. The Morgan fingerprint density at radius 1 is 1.42 bits per heavy atom. The number of benzene rings is 1. The lowest BCUT2D eigenvalue weighted by atomic mass is 10.0. The van der Waals surface area contributed by atoms with Gasteiger partial charge in [0.2, 0.25) is 0 Å². The van der Waals surface area contributed by atoms with E-state index in [4.69, 9.17) is 11.6 Å². The summed E-state index contributed by atoms with van der Waals surface area (Å²) in [4.78, 5) is 19.9. The van der Waals surface area contributed by atoms with Crippen molar-refractivity contribution in [2.75, 3.05) is 12.8 Å². The van der Waals surface area contributed by atoms with Gasteiger partial charge in [-0.1, -0.05) is 17.7 Å². The zero-order valence-corrected chi connectivity index (χ0v) is 15.3. The highest BCUT2D eigenvalue weighted by Gasteiger charge is 2.25. The molecule has 0 aliphatic carbocycles. The molecule has 1 aromatic heterocycles. The standard InChI is InChI=1S/C18H20ClN3OS/c1-12(15-5-3-4-9-20-15)22(2)18(23)21-16-8-10-24-17-7-6-13(19)11-14(16)17/h3-7,9,11-12,16H,8,10H2,1-2H3,(H,21,23). The number of fused-ring (bicyclic) bond motifs is 1. The summed E-state index contributed by atoms with van der Waals surface area (Å²) in [5, 5.41) is 3.84. The van der Waals surface area contributed by atoms with Crippen molar-refractivity contribution >= 4 is 29.4 Å². The van der Waals surface area contributed by atoms with Gasteiger partial charge in [0.15, 0.2) is 0 Å². The number of carbonyl (C=O) groups is 1. The maximum atomic E-state index is 12.7. The number of pyridine rings is 1. The Bertz CT molecular complexity index is 725. The summed E-state index contributed by atoms with van der Waals surface area (Å²) in [7, 11) is 1.80. The van der Waals surface area contributed by atoms with Gasteiger partial charge in [0.05, 0.1) is 17.8 Å². The van der Waals surface area contributed by atoms with Gasteiger partial charge in [-0.15, -0.1) is 11.8 Å². The van der Waals surface area contributed by atoms with Crippen LogP contribution in [0.5, 0.6) is 0 Å². The van der Waals surface area contributed by atoms with E-state index in [0.717, 1.165) is 23.4 Å². The molecule has 24 heavy (non-hydrogen) atoms. The van der Waals surface area contributed by atoms with Crippen LogP contribution in [0.2, 0.25) is 5.02 Å². The number of halogens is 1. The van der Waals surface area contributed by atoms with Crippen LogP contribution in [-0.4, -0.2) is 28.7 Å². The van der Waals surface area contributed by atoms with Gasteiger partial charge in [-0.3, -0.25) is 4.98 Å². The van der Waals surface area contributed by atoms with E-state index in [-0.39, 0.29) is 18.1 Å². The molecule has 2 heterocycles. The van der Waals surface area contributed by atoms with Crippen LogP contribution in [0.3, 0.4) is 0 Å². The molecular formula is C18H20ClN3OS. The topological polar surface area (TPSA) is 45.2 Å². The molecular weight excluding hydrogens is 342 g/mol. The largest absolute Gasteiger partial charge is 0.331 e. The molecule has 3 rings (SSSR count). The monoisotopic (exact) mass is 361 g/mol. The third-order valence-corrected chi connectivity index (χ3v) is 5.68. The fourth-order valence-corrected chi connectivity index (χ4v) is 4.05. The Morgan fingerprint density at radius 3 is 3.00 bits per heavy atom. The molecule has 4 nitrogen and oxygen atoms in total. The summed E-state index contributed by atoms with van der Waals surface area (Å²) in [6.07, 6.45) is 2.64. The number of nitrogens with one attached hydrogen (secondary N) is 1. The molecule has 1 aliphatic heterocycles. The number of hydrogen-bond acceptors (Lipinski definition) is 3. The summed E-state index contributed by atoms with van der Waals surface area (Å²) in [6.45, 7) is 1.98. The molecule has 0 saturated heterocycles. The number of rotatable bonds is 3. The second-order valence-corrected chi connectivity index (χ2v) is 7.44. The molecule has 2 amide bonds. The second-order valence-electron chi connectivity index (χ2n) is 5.86. The zero-order valence-electron chi connectivity index (χ0n) is 13.7. The molecule has 0 fully saturated rings. The number of urea groups is 1. The summed E-state index contributed by atoms with van der Waals surface area (Å²) in [5.74, 6) is 0.985. The van der Waals surface area contributed by atoms with E-state index in [1.54, 1.807) is 29.9 Å². The molecule has 2 unspecified atom stereocenters. The Kier molecular flexibility index (Phi) is 5.31. The van der Waals surface area contributed by atoms with Crippen molar-refractivity contribution in [3.05, 3.63) is 58.9 Å². The van der Waals surface area contributed by atoms with Crippen molar-refractivity contribution in [2.45, 2.75) is 30.3 Å². The average molecular weight is 362 g/mol. The highest BCUT2D eigenvalue weighted by atomic mass is 35.5. The lowest BCUT2D eigenvalue weighted by Crippen LogP contribution is -2.41. The SMILES string of the molecule is CC(c1ccccn1)N(C)C(=O)NC1CCSc2ccc(Cl)cc21. The van der Waals surface area contributed by atoms with E-state index in [1.807, 2.05) is 43.3 Å². The van der Waals surface area contributed by atoms with Crippen molar-refractivity contribution in [1.82, 2.24) is 15.2 Å². The number of amides is 2. The van der Waals surface area contributed by atoms with Gasteiger partial charge in [0, 0.05) is 28.9 Å². The minimum Gasteiger partial charge on any atom is -0.331 e. The molecule has 2 atom stereocenters. The first-order valence-corrected chi connectivity index (χ1v) is 9.29. The number of thioether (sulfide) groups is 1. The molecule has 2 aromatic rings. The highest BCUT2D eigenvalue weighted by Crippen LogP contribution is 2.37. The Morgan fingerprint density at radius 2 is 2.25 bits per heavy atom. The first-order chi connectivity index (χ1) is 11.6. The van der Waals surface area contributed by atoms with E-state index >= 15 is 0 Å². The maximum Gasteiger partial charge on any atom is 0.318 e. The number of nitrogens with zero attached hydrogens (tertiary/aromatic N) is 2. The van der Waals surface area contributed by atoms with Crippen LogP contribution < -0.4 is 5.32 Å². The Hall–Kier alpha value is -1.72. The lowest BCUT2D eigenvalue weighted by Gasteiger charge is -2.30. The van der Waals surface area contributed by atoms with Gasteiger partial charge in [-0.2, -0.15) is 0 Å². The predicted octanol–water partition coefficient (Wildman–Crippen LogP) is 4.67. The quantitative estimate of drug-likeness (QED) is 0.863. The van der Waals surface area contributed by atoms with Gasteiger partial charge >= 0.3 is 6.03 Å². The predicted molar refractivity (Wildman–Crippen MR) is 98.5 cm³/mol. The Labute approximate surface area is 151 Å². The smallest absolute Gasteiger partial charge is 0.318 e. The fourth-order valence-electron chi connectivity index (χ4n) is 2.76. The first-order valence-electron chi connectivity index (χ1n) is 7.93. The van der Waals surface area contributed by atoms with Gasteiger partial charge in [-0.25, -0.2) is 4.79 Å². The minimum atomic E-state index is -0.101. The van der Waals surface area contributed by atoms with Crippen molar-refractivity contribution in [3.8, 4) is 0 Å². The second kappa shape index (κ2) is 7.45. The maximum absolute atomic E-state index is 12.7. The lowest BCUT2D eigenvalue weighted by molar-refractivity contribution is 0.188. The van der Waals surface area contributed by atoms with Gasteiger partial charge in [0.25, 0.3) is 0 Å². The molecule has 0 saturated carbocycles. The molecule has 0 bridgehead atoms. The fraction of sp³-hybridized carbons (Fsp3) is 0.333. The molecule has 1 N–H and O–H groups in total. The van der Waals surface area contributed by atoms with Crippen molar-refractivity contribution < 1.29 is 4.79 Å². The number of hydrogen-bond donors (Lipinski definition) is 1. The molecule has 126 valence electrons. The van der Waals surface area contributed by atoms with Crippen LogP contribution in [0.4, 0.5) is 4.79 Å². The van der Waals surface area contributed by atoms with Crippen LogP contribution in [0, 0.1) is 0 Å². The normalized spacial score (nSPS) is 17.7. The van der Waals surface area contributed by atoms with E-state index < -0.39 is 0 Å². The zero-order chi connectivity index (χ0) is 17.1. The Balaban J connectivity index is 1.73. The minimum absolute atomic E-state index is 0.00849. The van der Waals surface area contributed by atoms with E-state index in [1.165, 1.54) is 4.90 Å². The van der Waals surface area contributed by atoms with Crippen LogP contribution in [0.15, 0.2) is 47.5 Å². The number of aromatic nitrogens is 1. The van der Waals surface area contributed by atoms with Gasteiger partial charge in [0.1, 0.15) is 0 Å². The van der Waals surface area contributed by atoms with Crippen LogP contribution in [-0.2, 0) is 0 Å². The van der Waals surface area contributed by atoms with Gasteiger partial charge < -0.3 is 10.2 Å². The van der Waals surface area contributed by atoms with E-state index in [0.29, 0.717) is 5.02 Å². The molecule has 0 radical (unpaired) electrons. The van der Waals surface area contributed by atoms with E-state index in [2.05, 4.69) is 10.3 Å². The van der Waals surface area contributed by atoms with Crippen LogP contribution in [0.1, 0.15) is 36.7 Å². The van der Waals surface area contributed by atoms with Crippen molar-refractivity contribution in [1.29, 1.82) is 0 Å². The van der Waals surface area contributed by atoms with Crippen molar-refractivity contribution in [2.24, 2.45) is 0 Å². The van der Waals surface area contributed by atoms with Crippen molar-refractivity contribution in [3.63, 3.8) is 0 Å². The van der Waals surface area contributed by atoms with Gasteiger partial charge in [-0.05, 0) is 49.2 Å². The van der Waals surface area contributed by atoms with Crippen LogP contribution in [0.25, 0.3) is 0 Å². The third kappa shape index (κ3) is 3.68. The average Bonchev–Trinajstić information content (AvgIpc) is 2.61. The van der Waals surface area contributed by atoms with Crippen LogP contribution >= 0.6 is 23.4 Å². The molecule has 6 heteroatoms. The summed E-state index contributed by atoms with van der Waals surface area (Å²) in [5.41, 5.74) is 1.98. The van der Waals surface area contributed by atoms with E-state index in [9.17, 15) is 4.79 Å². The summed E-state index contributed by atoms with van der Waals surface area (Å²) < 4.78 is 0. The molecule has 0 spiro atoms. The number of carbonyl (C=O) groups excluding carboxylic acids is 1. The molecule has 1 aromatic carbocycles. The first kappa shape index (κ1) is 17.1. The summed E-state index contributed by atoms with van der Waals surface area (Å²) >= 11 is 7.94. The highest BCUT2D eigenvalue weighted by molar-refractivity contribution is 7.99. The summed E-state index contributed by atoms with van der Waals surface area (Å²) in [6, 6.07) is 11.4.